The Hall–Kier alpha value is -0.860. The van der Waals surface area contributed by atoms with Gasteiger partial charge in [0.2, 0.25) is 0 Å². The summed E-state index contributed by atoms with van der Waals surface area (Å²) in [5.74, 6) is 0.590. The summed E-state index contributed by atoms with van der Waals surface area (Å²) < 4.78 is 0. The van der Waals surface area contributed by atoms with Gasteiger partial charge < -0.3 is 11.5 Å². The van der Waals surface area contributed by atoms with E-state index in [9.17, 15) is 0 Å². The van der Waals surface area contributed by atoms with Crippen LogP contribution in [0.3, 0.4) is 0 Å². The highest BCUT2D eigenvalue weighted by Crippen LogP contribution is 2.21. The summed E-state index contributed by atoms with van der Waals surface area (Å²) in [7, 11) is 0. The summed E-state index contributed by atoms with van der Waals surface area (Å²) in [4.78, 5) is 0. The van der Waals surface area contributed by atoms with Crippen LogP contribution in [0.1, 0.15) is 42.9 Å². The Morgan fingerprint density at radius 2 is 1.57 bits per heavy atom. The van der Waals surface area contributed by atoms with E-state index < -0.39 is 0 Å². The van der Waals surface area contributed by atoms with Crippen LogP contribution in [0, 0.1) is 0 Å². The van der Waals surface area contributed by atoms with Crippen LogP contribution in [-0.2, 0) is 13.1 Å². The summed E-state index contributed by atoms with van der Waals surface area (Å²) in [6.45, 7) is 5.62. The molecule has 0 aliphatic rings. The van der Waals surface area contributed by atoms with Crippen molar-refractivity contribution in [1.82, 2.24) is 0 Å². The van der Waals surface area contributed by atoms with E-state index in [1.54, 1.807) is 0 Å². The van der Waals surface area contributed by atoms with Gasteiger partial charge in [-0.25, -0.2) is 0 Å². The molecule has 0 aliphatic carbocycles. The Labute approximate surface area is 86.3 Å². The van der Waals surface area contributed by atoms with Gasteiger partial charge in [-0.2, -0.15) is 0 Å². The van der Waals surface area contributed by atoms with E-state index in [0.29, 0.717) is 19.0 Å². The standard InChI is InChI=1S/C12H20N2/c1-3-9(2)12-5-10(7-13)4-11(6-12)8-14/h4-6,9H,3,7-8,13-14H2,1-2H3. The molecule has 0 spiro atoms. The molecule has 0 heterocycles. The van der Waals surface area contributed by atoms with Gasteiger partial charge in [0.1, 0.15) is 0 Å². The van der Waals surface area contributed by atoms with Crippen LogP contribution >= 0.6 is 0 Å². The summed E-state index contributed by atoms with van der Waals surface area (Å²) in [5.41, 5.74) is 15.0. The topological polar surface area (TPSA) is 52.0 Å². The van der Waals surface area contributed by atoms with Gasteiger partial charge in [0.25, 0.3) is 0 Å². The molecule has 14 heavy (non-hydrogen) atoms. The Balaban J connectivity index is 3.04. The molecule has 78 valence electrons. The minimum atomic E-state index is 0.590. The number of nitrogens with two attached hydrogens (primary N) is 2. The molecule has 0 aromatic heterocycles. The summed E-state index contributed by atoms with van der Waals surface area (Å²) in [5, 5.41) is 0. The van der Waals surface area contributed by atoms with Crippen LogP contribution in [0.25, 0.3) is 0 Å². The molecule has 0 amide bonds. The zero-order chi connectivity index (χ0) is 10.6. The molecule has 2 nitrogen and oxygen atoms in total. The molecule has 0 radical (unpaired) electrons. The van der Waals surface area contributed by atoms with Crippen molar-refractivity contribution in [2.45, 2.75) is 39.3 Å². The van der Waals surface area contributed by atoms with Crippen LogP contribution in [-0.4, -0.2) is 0 Å². The maximum atomic E-state index is 5.64. The van der Waals surface area contributed by atoms with Crippen LogP contribution in [0.4, 0.5) is 0 Å². The second kappa shape index (κ2) is 5.13. The monoisotopic (exact) mass is 192 g/mol. The lowest BCUT2D eigenvalue weighted by molar-refractivity contribution is 0.730. The first kappa shape index (κ1) is 11.2. The highest BCUT2D eigenvalue weighted by Gasteiger charge is 2.05. The molecule has 0 aliphatic heterocycles. The van der Waals surface area contributed by atoms with Crippen molar-refractivity contribution in [2.75, 3.05) is 0 Å². The average molecular weight is 192 g/mol. The smallest absolute Gasteiger partial charge is 0.0178 e. The Morgan fingerprint density at radius 1 is 1.07 bits per heavy atom. The number of benzene rings is 1. The van der Waals surface area contributed by atoms with Crippen molar-refractivity contribution in [2.24, 2.45) is 11.5 Å². The first-order valence-electron chi connectivity index (χ1n) is 5.24. The molecule has 2 heteroatoms. The number of rotatable bonds is 4. The predicted molar refractivity (Wildman–Crippen MR) is 60.9 cm³/mol. The van der Waals surface area contributed by atoms with Crippen molar-refractivity contribution < 1.29 is 0 Å². The summed E-state index contributed by atoms with van der Waals surface area (Å²) >= 11 is 0. The molecule has 1 aromatic rings. The fourth-order valence-corrected chi connectivity index (χ4v) is 1.55. The fraction of sp³-hybridized carbons (Fsp3) is 0.500. The molecule has 4 N–H and O–H groups in total. The minimum absolute atomic E-state index is 0.590. The maximum absolute atomic E-state index is 5.64. The zero-order valence-corrected chi connectivity index (χ0v) is 9.09. The Bertz CT molecular complexity index is 272. The molecular weight excluding hydrogens is 172 g/mol. The molecule has 1 atom stereocenters. The first-order valence-corrected chi connectivity index (χ1v) is 5.24. The summed E-state index contributed by atoms with van der Waals surface area (Å²) in [6.07, 6.45) is 1.15. The lowest BCUT2D eigenvalue weighted by Gasteiger charge is -2.12. The molecule has 1 unspecified atom stereocenters. The lowest BCUT2D eigenvalue weighted by atomic mass is 9.94. The SMILES string of the molecule is CCC(C)c1cc(CN)cc(CN)c1. The molecule has 1 rings (SSSR count). The van der Waals surface area contributed by atoms with Crippen LogP contribution < -0.4 is 11.5 Å². The Morgan fingerprint density at radius 3 is 1.93 bits per heavy atom. The largest absolute Gasteiger partial charge is 0.326 e. The molecule has 0 saturated carbocycles. The Kier molecular flexibility index (Phi) is 4.11. The van der Waals surface area contributed by atoms with Crippen molar-refractivity contribution >= 4 is 0 Å². The minimum Gasteiger partial charge on any atom is -0.326 e. The van der Waals surface area contributed by atoms with E-state index in [1.165, 1.54) is 16.7 Å². The van der Waals surface area contributed by atoms with E-state index in [4.69, 9.17) is 11.5 Å². The third kappa shape index (κ3) is 2.56. The molecule has 0 bridgehead atoms. The number of hydrogen-bond donors (Lipinski definition) is 2. The zero-order valence-electron chi connectivity index (χ0n) is 9.09. The van der Waals surface area contributed by atoms with Crippen molar-refractivity contribution in [3.63, 3.8) is 0 Å². The predicted octanol–water partition coefficient (Wildman–Crippen LogP) is 2.12. The van der Waals surface area contributed by atoms with Gasteiger partial charge in [-0.05, 0) is 29.0 Å². The summed E-state index contributed by atoms with van der Waals surface area (Å²) in [6, 6.07) is 6.46. The number of hydrogen-bond acceptors (Lipinski definition) is 2. The van der Waals surface area contributed by atoms with Gasteiger partial charge >= 0.3 is 0 Å². The van der Waals surface area contributed by atoms with Crippen LogP contribution in [0.5, 0.6) is 0 Å². The van der Waals surface area contributed by atoms with Crippen molar-refractivity contribution in [3.8, 4) is 0 Å². The molecule has 0 saturated heterocycles. The van der Waals surface area contributed by atoms with Crippen molar-refractivity contribution in [1.29, 1.82) is 0 Å². The molecule has 0 fully saturated rings. The normalized spacial score (nSPS) is 12.9. The third-order valence-electron chi connectivity index (χ3n) is 2.73. The third-order valence-corrected chi connectivity index (χ3v) is 2.73. The first-order chi connectivity index (χ1) is 6.71. The van der Waals surface area contributed by atoms with Crippen LogP contribution in [0.15, 0.2) is 18.2 Å². The van der Waals surface area contributed by atoms with Gasteiger partial charge in [0, 0.05) is 13.1 Å². The van der Waals surface area contributed by atoms with E-state index in [0.717, 1.165) is 6.42 Å². The lowest BCUT2D eigenvalue weighted by Crippen LogP contribution is -2.04. The quantitative estimate of drug-likeness (QED) is 0.767. The maximum Gasteiger partial charge on any atom is 0.0178 e. The highest BCUT2D eigenvalue weighted by molar-refractivity contribution is 5.32. The molecular formula is C12H20N2. The van der Waals surface area contributed by atoms with Crippen LogP contribution in [0.2, 0.25) is 0 Å². The second-order valence-electron chi connectivity index (χ2n) is 3.80. The van der Waals surface area contributed by atoms with E-state index >= 15 is 0 Å². The van der Waals surface area contributed by atoms with Gasteiger partial charge in [0.15, 0.2) is 0 Å². The van der Waals surface area contributed by atoms with Gasteiger partial charge in [-0.3, -0.25) is 0 Å². The average Bonchev–Trinajstić information content (AvgIpc) is 2.27. The van der Waals surface area contributed by atoms with Crippen molar-refractivity contribution in [3.05, 3.63) is 34.9 Å². The van der Waals surface area contributed by atoms with Gasteiger partial charge in [-0.15, -0.1) is 0 Å². The van der Waals surface area contributed by atoms with E-state index in [-0.39, 0.29) is 0 Å². The fourth-order valence-electron chi connectivity index (χ4n) is 1.55. The second-order valence-corrected chi connectivity index (χ2v) is 3.80. The highest BCUT2D eigenvalue weighted by atomic mass is 14.5. The van der Waals surface area contributed by atoms with E-state index in [2.05, 4.69) is 32.0 Å². The van der Waals surface area contributed by atoms with Gasteiger partial charge in [-0.1, -0.05) is 32.0 Å². The van der Waals surface area contributed by atoms with Gasteiger partial charge in [0.05, 0.1) is 0 Å². The molecule has 1 aromatic carbocycles. The van der Waals surface area contributed by atoms with E-state index in [1.807, 2.05) is 0 Å².